The maximum atomic E-state index is 11.3. The Morgan fingerprint density at radius 1 is 1.56 bits per heavy atom. The summed E-state index contributed by atoms with van der Waals surface area (Å²) >= 11 is 1.67. The number of carbonyl (C=O) groups is 1. The van der Waals surface area contributed by atoms with E-state index in [0.29, 0.717) is 12.5 Å². The van der Waals surface area contributed by atoms with Gasteiger partial charge in [-0.2, -0.15) is 0 Å². The van der Waals surface area contributed by atoms with Crippen molar-refractivity contribution < 1.29 is 4.79 Å². The summed E-state index contributed by atoms with van der Waals surface area (Å²) < 4.78 is 0. The lowest BCUT2D eigenvalue weighted by atomic mass is 10.4. The molecule has 5 heteroatoms. The predicted octanol–water partition coefficient (Wildman–Crippen LogP) is 1.07. The maximum absolute atomic E-state index is 11.3. The monoisotopic (exact) mass is 239 g/mol. The molecule has 2 rings (SSSR count). The van der Waals surface area contributed by atoms with Crippen LogP contribution in [0.2, 0.25) is 0 Å². The van der Waals surface area contributed by atoms with Crippen LogP contribution in [0, 0.1) is 12.8 Å². The summed E-state index contributed by atoms with van der Waals surface area (Å²) in [5, 5.41) is 6.22. The van der Waals surface area contributed by atoms with E-state index in [-0.39, 0.29) is 5.91 Å². The van der Waals surface area contributed by atoms with Crippen molar-refractivity contribution in [1.82, 2.24) is 15.6 Å². The number of amides is 1. The molecule has 1 aliphatic rings. The smallest absolute Gasteiger partial charge is 0.223 e. The summed E-state index contributed by atoms with van der Waals surface area (Å²) in [6.45, 7) is 4.39. The van der Waals surface area contributed by atoms with Crippen LogP contribution in [0.25, 0.3) is 0 Å². The molecule has 1 aliphatic carbocycles. The average molecular weight is 239 g/mol. The van der Waals surface area contributed by atoms with Crippen LogP contribution in [0.5, 0.6) is 0 Å². The van der Waals surface area contributed by atoms with Gasteiger partial charge in [0.25, 0.3) is 0 Å². The molecule has 1 aromatic heterocycles. The van der Waals surface area contributed by atoms with Gasteiger partial charge in [-0.3, -0.25) is 4.79 Å². The minimum atomic E-state index is 0.218. The molecule has 0 aliphatic heterocycles. The summed E-state index contributed by atoms with van der Waals surface area (Å²) in [5.41, 5.74) is 2.96. The third kappa shape index (κ3) is 3.28. The van der Waals surface area contributed by atoms with Crippen molar-refractivity contribution >= 4 is 17.2 Å². The van der Waals surface area contributed by atoms with Crippen molar-refractivity contribution in [1.29, 1.82) is 0 Å². The third-order valence-electron chi connectivity index (χ3n) is 2.68. The molecule has 1 amide bonds. The lowest BCUT2D eigenvalue weighted by Gasteiger charge is -2.05. The van der Waals surface area contributed by atoms with Crippen molar-refractivity contribution in [2.24, 2.45) is 5.92 Å². The average Bonchev–Trinajstić information content (AvgIpc) is 3.04. The van der Waals surface area contributed by atoms with Crippen molar-refractivity contribution in [2.45, 2.75) is 26.3 Å². The molecule has 16 heavy (non-hydrogen) atoms. The Labute approximate surface area is 99.5 Å². The number of aromatic nitrogens is 1. The molecular formula is C11H17N3OS. The first-order valence-corrected chi connectivity index (χ1v) is 6.52. The summed E-state index contributed by atoms with van der Waals surface area (Å²) in [5.74, 6) is 0.527. The van der Waals surface area contributed by atoms with E-state index in [2.05, 4.69) is 15.6 Å². The van der Waals surface area contributed by atoms with Crippen LogP contribution in [0.4, 0.5) is 0 Å². The van der Waals surface area contributed by atoms with Crippen LogP contribution >= 0.6 is 11.3 Å². The highest BCUT2D eigenvalue weighted by Crippen LogP contribution is 2.28. The Balaban J connectivity index is 1.55. The van der Waals surface area contributed by atoms with E-state index in [1.807, 2.05) is 12.4 Å². The fourth-order valence-electron chi connectivity index (χ4n) is 1.46. The molecule has 1 heterocycles. The second kappa shape index (κ2) is 5.41. The summed E-state index contributed by atoms with van der Waals surface area (Å²) in [4.78, 5) is 16.8. The van der Waals surface area contributed by atoms with E-state index < -0.39 is 0 Å². The van der Waals surface area contributed by atoms with Crippen LogP contribution in [-0.4, -0.2) is 24.0 Å². The number of thiazole rings is 1. The number of carbonyl (C=O) groups excluding carboxylic acids is 1. The molecule has 1 saturated carbocycles. The second-order valence-corrected chi connectivity index (χ2v) is 5.04. The summed E-state index contributed by atoms with van der Waals surface area (Å²) in [7, 11) is 0. The fraction of sp³-hybridized carbons (Fsp3) is 0.636. The highest BCUT2D eigenvalue weighted by Gasteiger charge is 2.28. The van der Waals surface area contributed by atoms with E-state index in [1.54, 1.807) is 11.3 Å². The van der Waals surface area contributed by atoms with Crippen LogP contribution in [-0.2, 0) is 11.3 Å². The number of aryl methyl sites for hydroxylation is 1. The van der Waals surface area contributed by atoms with Gasteiger partial charge in [-0.15, -0.1) is 11.3 Å². The third-order valence-corrected chi connectivity index (χ3v) is 3.61. The molecule has 0 radical (unpaired) electrons. The zero-order valence-corrected chi connectivity index (χ0v) is 10.3. The SMILES string of the molecule is Cc1ncsc1CNCCNC(=O)C1CC1. The molecule has 1 aromatic rings. The first kappa shape index (κ1) is 11.5. The minimum Gasteiger partial charge on any atom is -0.355 e. The zero-order valence-electron chi connectivity index (χ0n) is 9.45. The van der Waals surface area contributed by atoms with Crippen molar-refractivity contribution in [3.63, 3.8) is 0 Å². The van der Waals surface area contributed by atoms with Gasteiger partial charge in [-0.25, -0.2) is 4.98 Å². The molecule has 0 unspecified atom stereocenters. The van der Waals surface area contributed by atoms with Gasteiger partial charge in [-0.1, -0.05) is 0 Å². The first-order valence-electron chi connectivity index (χ1n) is 5.65. The van der Waals surface area contributed by atoms with Gasteiger partial charge in [0.05, 0.1) is 11.2 Å². The Hall–Kier alpha value is -0.940. The van der Waals surface area contributed by atoms with Crippen molar-refractivity contribution in [3.05, 3.63) is 16.1 Å². The molecular weight excluding hydrogens is 222 g/mol. The van der Waals surface area contributed by atoms with E-state index >= 15 is 0 Å². The predicted molar refractivity (Wildman–Crippen MR) is 64.3 cm³/mol. The Morgan fingerprint density at radius 2 is 2.38 bits per heavy atom. The normalized spacial score (nSPS) is 15.1. The number of rotatable bonds is 6. The number of nitrogens with one attached hydrogen (secondary N) is 2. The zero-order chi connectivity index (χ0) is 11.4. The lowest BCUT2D eigenvalue weighted by Crippen LogP contribution is -2.32. The number of hydrogen-bond acceptors (Lipinski definition) is 4. The molecule has 0 atom stereocenters. The molecule has 0 bridgehead atoms. The Morgan fingerprint density at radius 3 is 3.00 bits per heavy atom. The van der Waals surface area contributed by atoms with Crippen LogP contribution < -0.4 is 10.6 Å². The second-order valence-electron chi connectivity index (χ2n) is 4.10. The number of hydrogen-bond donors (Lipinski definition) is 2. The quantitative estimate of drug-likeness (QED) is 0.730. The largest absolute Gasteiger partial charge is 0.355 e. The van der Waals surface area contributed by atoms with Gasteiger partial charge in [0.1, 0.15) is 0 Å². The summed E-state index contributed by atoms with van der Waals surface area (Å²) in [6.07, 6.45) is 2.14. The van der Waals surface area contributed by atoms with E-state index in [9.17, 15) is 4.79 Å². The van der Waals surface area contributed by atoms with Crippen LogP contribution in [0.15, 0.2) is 5.51 Å². The standard InChI is InChI=1S/C11H17N3OS/c1-8-10(16-7-14-8)6-12-4-5-13-11(15)9-2-3-9/h7,9,12H,2-6H2,1H3,(H,13,15). The highest BCUT2D eigenvalue weighted by molar-refractivity contribution is 7.09. The van der Waals surface area contributed by atoms with Gasteiger partial charge in [0.15, 0.2) is 0 Å². The maximum Gasteiger partial charge on any atom is 0.223 e. The van der Waals surface area contributed by atoms with Gasteiger partial charge in [-0.05, 0) is 19.8 Å². The van der Waals surface area contributed by atoms with E-state index in [0.717, 1.165) is 31.6 Å². The van der Waals surface area contributed by atoms with Gasteiger partial charge in [0.2, 0.25) is 5.91 Å². The molecule has 88 valence electrons. The number of nitrogens with zero attached hydrogens (tertiary/aromatic N) is 1. The van der Waals surface area contributed by atoms with Crippen molar-refractivity contribution in [3.8, 4) is 0 Å². The molecule has 2 N–H and O–H groups in total. The molecule has 4 nitrogen and oxygen atoms in total. The van der Waals surface area contributed by atoms with Crippen LogP contribution in [0.3, 0.4) is 0 Å². The molecule has 0 spiro atoms. The lowest BCUT2D eigenvalue weighted by molar-refractivity contribution is -0.122. The van der Waals surface area contributed by atoms with Crippen molar-refractivity contribution in [2.75, 3.05) is 13.1 Å². The fourth-order valence-corrected chi connectivity index (χ4v) is 2.21. The van der Waals surface area contributed by atoms with Crippen LogP contribution in [0.1, 0.15) is 23.4 Å². The summed E-state index contributed by atoms with van der Waals surface area (Å²) in [6, 6.07) is 0. The first-order chi connectivity index (χ1) is 7.77. The Kier molecular flexibility index (Phi) is 3.90. The van der Waals surface area contributed by atoms with E-state index in [4.69, 9.17) is 0 Å². The van der Waals surface area contributed by atoms with Gasteiger partial charge in [0, 0.05) is 30.4 Å². The van der Waals surface area contributed by atoms with Gasteiger partial charge < -0.3 is 10.6 Å². The van der Waals surface area contributed by atoms with Gasteiger partial charge >= 0.3 is 0 Å². The van der Waals surface area contributed by atoms with E-state index in [1.165, 1.54) is 4.88 Å². The highest BCUT2D eigenvalue weighted by atomic mass is 32.1. The molecule has 0 saturated heterocycles. The molecule has 1 fully saturated rings. The Bertz CT molecular complexity index is 360. The minimum absolute atomic E-state index is 0.218. The topological polar surface area (TPSA) is 54.0 Å². The molecule has 0 aromatic carbocycles.